The van der Waals surface area contributed by atoms with Gasteiger partial charge in [0.1, 0.15) is 11.5 Å². The number of rotatable bonds is 7. The van der Waals surface area contributed by atoms with E-state index in [2.05, 4.69) is 28.9 Å². The van der Waals surface area contributed by atoms with Crippen LogP contribution in [0.25, 0.3) is 0 Å². The number of Topliss-reactive ketones (excluding diaryl/α,β-unsaturated/α-hetero) is 1. The van der Waals surface area contributed by atoms with Gasteiger partial charge in [-0.05, 0) is 55.5 Å². The summed E-state index contributed by atoms with van der Waals surface area (Å²) in [6.45, 7) is 1.57. The molecule has 0 bridgehead atoms. The van der Waals surface area contributed by atoms with E-state index in [1.807, 2.05) is 0 Å². The predicted molar refractivity (Wildman–Crippen MR) is 133 cm³/mol. The number of benzene rings is 1. The number of hydrazine groups is 1. The van der Waals surface area contributed by atoms with Gasteiger partial charge in [-0.25, -0.2) is 13.2 Å². The normalized spacial score (nSPS) is 21.5. The maximum absolute atomic E-state index is 13.8. The van der Waals surface area contributed by atoms with Crippen LogP contribution >= 0.6 is 0 Å². The molecule has 12 heteroatoms. The van der Waals surface area contributed by atoms with Crippen LogP contribution in [0.3, 0.4) is 0 Å². The van der Waals surface area contributed by atoms with Gasteiger partial charge in [0.25, 0.3) is 23.5 Å². The summed E-state index contributed by atoms with van der Waals surface area (Å²) in [5.41, 5.74) is 7.66. The minimum Gasteiger partial charge on any atom is -0.403 e. The number of aromatic nitrogens is 1. The Balaban J connectivity index is 0.00000164. The molecule has 1 aromatic heterocycles. The van der Waals surface area contributed by atoms with E-state index in [0.717, 1.165) is 12.6 Å². The van der Waals surface area contributed by atoms with Crippen molar-refractivity contribution in [1.29, 1.82) is 0 Å². The van der Waals surface area contributed by atoms with Crippen molar-refractivity contribution < 1.29 is 27.6 Å². The maximum Gasteiger partial charge on any atom is 0.293 e. The first-order valence-electron chi connectivity index (χ1n) is 11.8. The minimum absolute atomic E-state index is 0.0333. The predicted octanol–water partition coefficient (Wildman–Crippen LogP) is 2.28. The van der Waals surface area contributed by atoms with E-state index < -0.39 is 47.7 Å². The molecule has 7 N–H and O–H groups in total. The first-order chi connectivity index (χ1) is 18.0. The number of halogens is 3. The molecule has 0 spiro atoms. The molecule has 5 rings (SSSR count). The molecule has 38 heavy (non-hydrogen) atoms. The lowest BCUT2D eigenvalue weighted by atomic mass is 9.71. The smallest absolute Gasteiger partial charge is 0.293 e. The topological polar surface area (TPSA) is 144 Å². The van der Waals surface area contributed by atoms with Crippen molar-refractivity contribution in [3.8, 4) is 12.8 Å². The van der Waals surface area contributed by atoms with Crippen molar-refractivity contribution in [2.45, 2.75) is 50.1 Å². The Bertz CT molecular complexity index is 1350. The molecule has 2 aliphatic carbocycles. The number of hydrogen-bond acceptors (Lipinski definition) is 6. The number of ketones is 1. The largest absolute Gasteiger partial charge is 0.403 e. The van der Waals surface area contributed by atoms with Gasteiger partial charge in [-0.2, -0.15) is 0 Å². The highest BCUT2D eigenvalue weighted by atomic mass is 19.3. The fraction of sp³-hybridized carbons (Fsp3) is 0.346. The molecule has 2 saturated carbocycles. The van der Waals surface area contributed by atoms with E-state index in [4.69, 9.17) is 11.6 Å². The number of anilines is 1. The Hall–Kier alpha value is -4.24. The van der Waals surface area contributed by atoms with E-state index in [1.54, 1.807) is 11.5 Å². The molecule has 2 aromatic rings. The van der Waals surface area contributed by atoms with Gasteiger partial charge in [-0.3, -0.25) is 20.2 Å². The van der Waals surface area contributed by atoms with Crippen LogP contribution in [0.15, 0.2) is 36.2 Å². The number of nitrogens with two attached hydrogens (primary N) is 2. The number of carbonyl (C=O) groups excluding carboxylic acids is 3. The molecule has 2 heterocycles. The van der Waals surface area contributed by atoms with E-state index in [9.17, 15) is 27.6 Å². The highest BCUT2D eigenvalue weighted by Gasteiger charge is 2.60. The summed E-state index contributed by atoms with van der Waals surface area (Å²) >= 11 is 0. The van der Waals surface area contributed by atoms with Gasteiger partial charge in [-0.15, -0.1) is 12.8 Å². The molecular weight excluding hydrogens is 501 g/mol. The van der Waals surface area contributed by atoms with Gasteiger partial charge < -0.3 is 26.4 Å². The van der Waals surface area contributed by atoms with Crippen molar-refractivity contribution in [2.75, 3.05) is 5.32 Å². The quantitative estimate of drug-likeness (QED) is 0.123. The number of fused-ring (bicyclic) bond motifs is 3. The molecule has 0 radical (unpaired) electrons. The van der Waals surface area contributed by atoms with Crippen molar-refractivity contribution in [3.05, 3.63) is 64.5 Å². The fourth-order valence-electron chi connectivity index (χ4n) is 5.57. The molecule has 2 fully saturated rings. The van der Waals surface area contributed by atoms with Gasteiger partial charge in [-0.1, -0.05) is 0 Å². The van der Waals surface area contributed by atoms with Gasteiger partial charge in [0.05, 0.1) is 16.8 Å². The number of carbonyl (C=O) groups is 3. The van der Waals surface area contributed by atoms with E-state index in [-0.39, 0.29) is 28.9 Å². The van der Waals surface area contributed by atoms with Crippen LogP contribution in [0, 0.1) is 31.5 Å². The van der Waals surface area contributed by atoms with Crippen LogP contribution in [-0.2, 0) is 11.2 Å². The number of nitrogens with one attached hydrogen (secondary N) is 3. The summed E-state index contributed by atoms with van der Waals surface area (Å²) in [7, 11) is 0. The van der Waals surface area contributed by atoms with Crippen molar-refractivity contribution in [3.63, 3.8) is 0 Å². The maximum atomic E-state index is 13.8. The lowest BCUT2D eigenvalue weighted by Gasteiger charge is -2.48. The van der Waals surface area contributed by atoms with Crippen LogP contribution in [0.5, 0.6) is 0 Å². The average Bonchev–Trinajstić information content (AvgIpc) is 3.44. The second-order valence-electron chi connectivity index (χ2n) is 9.69. The monoisotopic (exact) mass is 528 g/mol. The molecule has 1 aromatic carbocycles. The lowest BCUT2D eigenvalue weighted by molar-refractivity contribution is -0.138. The summed E-state index contributed by atoms with van der Waals surface area (Å²) in [4.78, 5) is 39.6. The van der Waals surface area contributed by atoms with Crippen molar-refractivity contribution in [2.24, 2.45) is 17.5 Å². The Morgan fingerprint density at radius 3 is 2.34 bits per heavy atom. The van der Waals surface area contributed by atoms with E-state index >= 15 is 0 Å². The molecular formula is C26H27F3N6O3. The summed E-state index contributed by atoms with van der Waals surface area (Å²) in [5.74, 6) is -0.357. The van der Waals surface area contributed by atoms with Crippen LogP contribution in [0.2, 0.25) is 0 Å². The first kappa shape index (κ1) is 26.8. The average molecular weight is 529 g/mol. The highest BCUT2D eigenvalue weighted by molar-refractivity contribution is 6.44. The minimum atomic E-state index is -3.05. The molecule has 1 aliphatic heterocycles. The summed E-state index contributed by atoms with van der Waals surface area (Å²) in [6, 6.07) is 5.29. The number of nitrogens with zero attached hydrogens (tertiary/aromatic N) is 1. The third-order valence-corrected chi connectivity index (χ3v) is 7.28. The third-order valence-electron chi connectivity index (χ3n) is 7.28. The van der Waals surface area contributed by atoms with Crippen LogP contribution in [-0.4, -0.2) is 33.6 Å². The third kappa shape index (κ3) is 4.39. The van der Waals surface area contributed by atoms with Crippen molar-refractivity contribution in [1.82, 2.24) is 15.3 Å². The fourth-order valence-corrected chi connectivity index (χ4v) is 5.57. The summed E-state index contributed by atoms with van der Waals surface area (Å²) < 4.78 is 42.6. The second-order valence-corrected chi connectivity index (χ2v) is 9.69. The summed E-state index contributed by atoms with van der Waals surface area (Å²) in [5, 5.41) is 5.11. The number of hydrogen-bond donors (Lipinski definition) is 5. The molecule has 3 aliphatic rings. The number of terminal acetylenes is 1. The molecule has 2 atom stereocenters. The zero-order chi connectivity index (χ0) is 28.0. The van der Waals surface area contributed by atoms with Gasteiger partial charge in [0.2, 0.25) is 0 Å². The van der Waals surface area contributed by atoms with Gasteiger partial charge in [0, 0.05) is 36.5 Å². The summed E-state index contributed by atoms with van der Waals surface area (Å²) in [6.07, 6.45) is 8.81. The molecule has 2 amide bonds. The molecule has 0 saturated heterocycles. The number of amides is 2. The zero-order valence-corrected chi connectivity index (χ0v) is 20.5. The van der Waals surface area contributed by atoms with Gasteiger partial charge in [0.15, 0.2) is 0 Å². The van der Waals surface area contributed by atoms with Gasteiger partial charge >= 0.3 is 0 Å². The van der Waals surface area contributed by atoms with E-state index in [0.29, 0.717) is 23.4 Å². The Kier molecular flexibility index (Phi) is 6.75. The van der Waals surface area contributed by atoms with Crippen LogP contribution in [0.4, 0.5) is 18.9 Å². The Morgan fingerprint density at radius 1 is 1.16 bits per heavy atom. The molecule has 200 valence electrons. The Morgan fingerprint density at radius 2 is 1.79 bits per heavy atom. The SMILES string of the molecule is C#C.Cc1c(C(=O)C(=O)NC2(/C(=C/N)NN)CC(F)(F)C2)c2n(c1C(=O)Nc1ccc(F)cc1)C1CC1C2. The molecule has 2 unspecified atom stereocenters. The standard InChI is InChI=1S/C24H25F3N6O3.C2H2/c1-11-18(20(34)22(36)31-23(17(8-28)32-29)9-24(26,27)10-23)16-7-12-6-15(12)33(16)19(11)21(35)30-14-4-2-13(25)3-5-14;1-2/h2-5,8,12,15,32H,6-7,9-10,28-29H2,1H3,(H,30,35)(H,31,36);1-2H/b17-8-;. The lowest BCUT2D eigenvalue weighted by Crippen LogP contribution is -2.66. The van der Waals surface area contributed by atoms with Crippen LogP contribution in [0.1, 0.15) is 57.4 Å². The zero-order valence-electron chi connectivity index (χ0n) is 20.5. The number of alkyl halides is 2. The highest BCUT2D eigenvalue weighted by Crippen LogP contribution is 2.54. The second kappa shape index (κ2) is 9.57. The Labute approximate surface area is 216 Å². The van der Waals surface area contributed by atoms with E-state index in [1.165, 1.54) is 24.3 Å². The van der Waals surface area contributed by atoms with Crippen LogP contribution < -0.4 is 27.6 Å². The molecule has 9 nitrogen and oxygen atoms in total. The first-order valence-corrected chi connectivity index (χ1v) is 11.8. The van der Waals surface area contributed by atoms with Crippen molar-refractivity contribution >= 4 is 23.3 Å².